The highest BCUT2D eigenvalue weighted by molar-refractivity contribution is 6.30. The first-order valence-corrected chi connectivity index (χ1v) is 12.1. The lowest BCUT2D eigenvalue weighted by atomic mass is 10.1. The number of hydrogen-bond donors (Lipinski definition) is 0. The van der Waals surface area contributed by atoms with E-state index in [-0.39, 0.29) is 30.6 Å². The molecule has 1 aromatic carbocycles. The number of imidazole rings is 1. The van der Waals surface area contributed by atoms with E-state index in [1.54, 1.807) is 23.6 Å². The molecule has 2 saturated heterocycles. The Balaban J connectivity index is 1.35. The Hall–Kier alpha value is -3.39. The van der Waals surface area contributed by atoms with E-state index in [9.17, 15) is 9.59 Å². The molecule has 3 aromatic rings. The lowest BCUT2D eigenvalue weighted by Crippen LogP contribution is -2.52. The predicted molar refractivity (Wildman–Crippen MR) is 133 cm³/mol. The fraction of sp³-hybridized carbons (Fsp3) is 0.385. The van der Waals surface area contributed by atoms with E-state index in [0.29, 0.717) is 18.1 Å². The van der Waals surface area contributed by atoms with E-state index in [4.69, 9.17) is 16.3 Å². The van der Waals surface area contributed by atoms with Gasteiger partial charge in [-0.3, -0.25) is 9.78 Å². The molecule has 0 N–H and O–H groups in total. The first-order valence-electron chi connectivity index (χ1n) is 11.7. The van der Waals surface area contributed by atoms with Crippen molar-refractivity contribution in [3.8, 4) is 22.5 Å². The molecular weight excluding hydrogens is 466 g/mol. The van der Waals surface area contributed by atoms with E-state index >= 15 is 0 Å². The summed E-state index contributed by atoms with van der Waals surface area (Å²) in [4.78, 5) is 38.4. The van der Waals surface area contributed by atoms with Crippen LogP contribution >= 0.6 is 11.6 Å². The summed E-state index contributed by atoms with van der Waals surface area (Å²) in [5.74, 6) is 0.0108. The number of rotatable bonds is 4. The van der Waals surface area contributed by atoms with Crippen LogP contribution in [0.15, 0.2) is 55.1 Å². The maximum atomic E-state index is 13.4. The molecular formula is C26H28ClN5O3. The van der Waals surface area contributed by atoms with Gasteiger partial charge < -0.3 is 19.1 Å². The van der Waals surface area contributed by atoms with Crippen molar-refractivity contribution in [3.63, 3.8) is 0 Å². The second-order valence-electron chi connectivity index (χ2n) is 10.0. The molecule has 2 bridgehead atoms. The zero-order valence-corrected chi connectivity index (χ0v) is 20.8. The van der Waals surface area contributed by atoms with Gasteiger partial charge in [0.1, 0.15) is 12.1 Å². The molecule has 4 heterocycles. The van der Waals surface area contributed by atoms with Crippen LogP contribution in [0.25, 0.3) is 22.5 Å². The molecule has 2 atom stereocenters. The molecule has 0 unspecified atom stereocenters. The van der Waals surface area contributed by atoms with Crippen LogP contribution in [0.2, 0.25) is 5.02 Å². The van der Waals surface area contributed by atoms with Crippen LogP contribution < -0.4 is 0 Å². The SMILES string of the molecule is CC(C)(C)OC(=O)N1C[C@H]2C[C@@H]1CN2C(=O)Cn1cnc(-c2ccc(Cl)cc2)c1-c1ccncc1. The third-order valence-corrected chi connectivity index (χ3v) is 6.66. The minimum atomic E-state index is -0.541. The van der Waals surface area contributed by atoms with Crippen molar-refractivity contribution in [2.45, 2.75) is 51.4 Å². The number of pyridine rings is 1. The van der Waals surface area contributed by atoms with Crippen LogP contribution in [0.4, 0.5) is 4.79 Å². The fourth-order valence-corrected chi connectivity index (χ4v) is 5.01. The van der Waals surface area contributed by atoms with E-state index in [1.807, 2.05) is 66.6 Å². The minimum Gasteiger partial charge on any atom is -0.444 e. The molecule has 2 aliphatic rings. The van der Waals surface area contributed by atoms with Crippen molar-refractivity contribution in [1.82, 2.24) is 24.3 Å². The summed E-state index contributed by atoms with van der Waals surface area (Å²) in [7, 11) is 0. The molecule has 2 fully saturated rings. The topological polar surface area (TPSA) is 80.6 Å². The first kappa shape index (κ1) is 23.4. The average Bonchev–Trinajstić information content (AvgIpc) is 3.53. The Kier molecular flexibility index (Phi) is 6.01. The molecule has 2 aromatic heterocycles. The van der Waals surface area contributed by atoms with Gasteiger partial charge in [0.25, 0.3) is 0 Å². The van der Waals surface area contributed by atoms with Crippen LogP contribution in [0, 0.1) is 0 Å². The summed E-state index contributed by atoms with van der Waals surface area (Å²) in [5, 5.41) is 0.651. The molecule has 9 heteroatoms. The summed E-state index contributed by atoms with van der Waals surface area (Å²) in [5.41, 5.74) is 2.93. The van der Waals surface area contributed by atoms with Crippen LogP contribution in [0.5, 0.6) is 0 Å². The molecule has 0 radical (unpaired) electrons. The third kappa shape index (κ3) is 4.75. The second kappa shape index (κ2) is 9.00. The van der Waals surface area contributed by atoms with Crippen LogP contribution in [0.1, 0.15) is 27.2 Å². The van der Waals surface area contributed by atoms with E-state index in [1.165, 1.54) is 0 Å². The molecule has 0 saturated carbocycles. The van der Waals surface area contributed by atoms with Crippen LogP contribution in [0.3, 0.4) is 0 Å². The molecule has 0 spiro atoms. The lowest BCUT2D eigenvalue weighted by molar-refractivity contribution is -0.134. The Bertz CT molecular complexity index is 1240. The largest absolute Gasteiger partial charge is 0.444 e. The number of piperazine rings is 1. The average molecular weight is 494 g/mol. The molecule has 0 aliphatic carbocycles. The number of carbonyl (C=O) groups is 2. The molecule has 2 aliphatic heterocycles. The fourth-order valence-electron chi connectivity index (χ4n) is 4.89. The monoisotopic (exact) mass is 493 g/mol. The smallest absolute Gasteiger partial charge is 0.410 e. The van der Waals surface area contributed by atoms with Crippen molar-refractivity contribution >= 4 is 23.6 Å². The van der Waals surface area contributed by atoms with Gasteiger partial charge >= 0.3 is 6.09 Å². The van der Waals surface area contributed by atoms with Crippen molar-refractivity contribution < 1.29 is 14.3 Å². The van der Waals surface area contributed by atoms with Gasteiger partial charge in [0, 0.05) is 41.6 Å². The second-order valence-corrected chi connectivity index (χ2v) is 10.5. The molecule has 8 nitrogen and oxygen atoms in total. The van der Waals surface area contributed by atoms with Gasteiger partial charge in [-0.15, -0.1) is 0 Å². The summed E-state index contributed by atoms with van der Waals surface area (Å²) in [6.07, 6.45) is 5.63. The molecule has 5 rings (SSSR count). The Labute approximate surface area is 209 Å². The molecule has 2 amide bonds. The van der Waals surface area contributed by atoms with Crippen molar-refractivity contribution in [1.29, 1.82) is 0 Å². The Morgan fingerprint density at radius 2 is 1.66 bits per heavy atom. The summed E-state index contributed by atoms with van der Waals surface area (Å²) in [6, 6.07) is 11.3. The number of amides is 2. The van der Waals surface area contributed by atoms with Crippen molar-refractivity contribution in [2.75, 3.05) is 13.1 Å². The van der Waals surface area contributed by atoms with Crippen LogP contribution in [-0.2, 0) is 16.1 Å². The highest BCUT2D eigenvalue weighted by Crippen LogP contribution is 2.34. The summed E-state index contributed by atoms with van der Waals surface area (Å²) < 4.78 is 7.43. The van der Waals surface area contributed by atoms with E-state index in [2.05, 4.69) is 9.97 Å². The van der Waals surface area contributed by atoms with Gasteiger partial charge in [0.05, 0.1) is 29.8 Å². The number of hydrogen-bond acceptors (Lipinski definition) is 5. The maximum absolute atomic E-state index is 13.4. The number of nitrogens with zero attached hydrogens (tertiary/aromatic N) is 5. The van der Waals surface area contributed by atoms with Gasteiger partial charge in [-0.2, -0.15) is 0 Å². The van der Waals surface area contributed by atoms with Gasteiger partial charge in [-0.1, -0.05) is 23.7 Å². The molecule has 182 valence electrons. The minimum absolute atomic E-state index is 0.00338. The maximum Gasteiger partial charge on any atom is 0.410 e. The number of fused-ring (bicyclic) bond motifs is 2. The molecule has 35 heavy (non-hydrogen) atoms. The van der Waals surface area contributed by atoms with Gasteiger partial charge in [0.15, 0.2) is 0 Å². The predicted octanol–water partition coefficient (Wildman–Crippen LogP) is 4.49. The third-order valence-electron chi connectivity index (χ3n) is 6.40. The highest BCUT2D eigenvalue weighted by Gasteiger charge is 2.48. The quantitative estimate of drug-likeness (QED) is 0.535. The van der Waals surface area contributed by atoms with Crippen molar-refractivity contribution in [2.24, 2.45) is 0 Å². The lowest BCUT2D eigenvalue weighted by Gasteiger charge is -2.35. The first-order chi connectivity index (χ1) is 16.7. The van der Waals surface area contributed by atoms with Gasteiger partial charge in [-0.05, 0) is 51.5 Å². The Morgan fingerprint density at radius 3 is 2.29 bits per heavy atom. The number of benzene rings is 1. The van der Waals surface area contributed by atoms with E-state index in [0.717, 1.165) is 28.9 Å². The standard InChI is InChI=1S/C26H28ClN5O3/c1-26(2,3)35-25(34)32-14-20-12-21(32)13-31(20)22(33)15-30-16-29-23(17-4-6-19(27)7-5-17)24(30)18-8-10-28-11-9-18/h4-11,16,20-21H,12-15H2,1-3H3/t20-,21-/m1/s1. The zero-order chi connectivity index (χ0) is 24.7. The zero-order valence-electron chi connectivity index (χ0n) is 20.0. The number of carbonyl (C=O) groups excluding carboxylic acids is 2. The van der Waals surface area contributed by atoms with Crippen LogP contribution in [-0.4, -0.2) is 67.1 Å². The van der Waals surface area contributed by atoms with Gasteiger partial charge in [0.2, 0.25) is 5.91 Å². The normalized spacial score (nSPS) is 19.3. The summed E-state index contributed by atoms with van der Waals surface area (Å²) >= 11 is 6.08. The number of likely N-dealkylation sites (tertiary alicyclic amines) is 2. The highest BCUT2D eigenvalue weighted by atomic mass is 35.5. The van der Waals surface area contributed by atoms with E-state index < -0.39 is 5.60 Å². The number of ether oxygens (including phenoxy) is 1. The van der Waals surface area contributed by atoms with Gasteiger partial charge in [-0.25, -0.2) is 9.78 Å². The Morgan fingerprint density at radius 1 is 1.00 bits per heavy atom. The van der Waals surface area contributed by atoms with Crippen molar-refractivity contribution in [3.05, 3.63) is 60.1 Å². The number of halogens is 1. The summed E-state index contributed by atoms with van der Waals surface area (Å²) in [6.45, 7) is 6.76. The number of aromatic nitrogens is 3.